The molecule has 2 heterocycles. The first kappa shape index (κ1) is 10.9. The highest BCUT2D eigenvalue weighted by Gasteiger charge is 2.10. The lowest BCUT2D eigenvalue weighted by Gasteiger charge is -2.13. The van der Waals surface area contributed by atoms with Crippen molar-refractivity contribution >= 4 is 28.7 Å². The molecule has 0 bridgehead atoms. The second-order valence-corrected chi connectivity index (χ2v) is 4.15. The highest BCUT2D eigenvalue weighted by atomic mass is 32.2. The Balaban J connectivity index is 2.81. The van der Waals surface area contributed by atoms with Gasteiger partial charge in [-0.05, 0) is 6.26 Å². The molecule has 0 atom stereocenters. The average molecular weight is 237 g/mol. The summed E-state index contributed by atoms with van der Waals surface area (Å²) in [6.07, 6.45) is 3.12. The first-order chi connectivity index (χ1) is 7.61. The van der Waals surface area contributed by atoms with Crippen LogP contribution >= 0.6 is 11.8 Å². The molecule has 1 N–H and O–H groups in total. The van der Waals surface area contributed by atoms with Crippen molar-refractivity contribution in [2.24, 2.45) is 0 Å². The molecule has 0 unspecified atom stereocenters. The van der Waals surface area contributed by atoms with E-state index in [1.54, 1.807) is 0 Å². The number of H-pyrrole nitrogens is 1. The van der Waals surface area contributed by atoms with E-state index in [4.69, 9.17) is 0 Å². The third kappa shape index (κ3) is 1.85. The normalized spacial score (nSPS) is 10.7. The molecule has 0 aromatic carbocycles. The van der Waals surface area contributed by atoms with Crippen molar-refractivity contribution in [1.29, 1.82) is 0 Å². The lowest BCUT2D eigenvalue weighted by atomic mass is 10.4. The van der Waals surface area contributed by atoms with Crippen molar-refractivity contribution in [1.82, 2.24) is 19.9 Å². The van der Waals surface area contributed by atoms with Gasteiger partial charge in [0, 0.05) is 14.1 Å². The minimum Gasteiger partial charge on any atom is -0.361 e. The fourth-order valence-corrected chi connectivity index (χ4v) is 1.66. The maximum atomic E-state index is 11.2. The zero-order valence-electron chi connectivity index (χ0n) is 9.18. The molecule has 0 spiro atoms. The van der Waals surface area contributed by atoms with Crippen LogP contribution in [0, 0.1) is 0 Å². The summed E-state index contributed by atoms with van der Waals surface area (Å²) in [6, 6.07) is 0. The van der Waals surface area contributed by atoms with Gasteiger partial charge in [0.1, 0.15) is 5.52 Å². The molecular formula is C9H11N5OS. The number of nitrogens with one attached hydrogen (secondary N) is 1. The number of aromatic nitrogens is 4. The van der Waals surface area contributed by atoms with Gasteiger partial charge in [-0.2, -0.15) is 0 Å². The van der Waals surface area contributed by atoms with Crippen molar-refractivity contribution in [2.75, 3.05) is 25.3 Å². The monoisotopic (exact) mass is 237 g/mol. The maximum Gasteiger partial charge on any atom is 0.268 e. The Morgan fingerprint density at radius 3 is 2.75 bits per heavy atom. The predicted octanol–water partition coefficient (Wildman–Crippen LogP) is 0.501. The molecule has 6 nitrogen and oxygen atoms in total. The molecule has 0 saturated carbocycles. The van der Waals surface area contributed by atoms with Crippen LogP contribution in [0.4, 0.5) is 5.82 Å². The smallest absolute Gasteiger partial charge is 0.268 e. The second kappa shape index (κ2) is 4.09. The Morgan fingerprint density at radius 2 is 2.12 bits per heavy atom. The van der Waals surface area contributed by atoms with Gasteiger partial charge in [-0.3, -0.25) is 4.79 Å². The molecule has 0 aliphatic heterocycles. The summed E-state index contributed by atoms with van der Waals surface area (Å²) in [7, 11) is 3.75. The minimum atomic E-state index is -0.261. The Bertz CT molecular complexity index is 580. The van der Waals surface area contributed by atoms with Gasteiger partial charge >= 0.3 is 0 Å². The molecule has 0 amide bonds. The first-order valence-electron chi connectivity index (χ1n) is 4.60. The lowest BCUT2D eigenvalue weighted by Crippen LogP contribution is -2.15. The summed E-state index contributed by atoms with van der Waals surface area (Å²) in [5.41, 5.74) is 0.806. The van der Waals surface area contributed by atoms with Crippen molar-refractivity contribution in [3.05, 3.63) is 16.6 Å². The largest absolute Gasteiger partial charge is 0.361 e. The molecule has 84 valence electrons. The van der Waals surface area contributed by atoms with Gasteiger partial charge in [0.25, 0.3) is 5.56 Å². The number of anilines is 1. The van der Waals surface area contributed by atoms with Crippen LogP contribution in [0.1, 0.15) is 0 Å². The van der Waals surface area contributed by atoms with Gasteiger partial charge in [-0.15, -0.1) is 0 Å². The summed E-state index contributed by atoms with van der Waals surface area (Å²) >= 11 is 1.42. The van der Waals surface area contributed by atoms with Gasteiger partial charge in [0.05, 0.1) is 6.20 Å². The molecule has 16 heavy (non-hydrogen) atoms. The minimum absolute atomic E-state index is 0.261. The number of thioether (sulfide) groups is 1. The Kier molecular flexibility index (Phi) is 2.78. The summed E-state index contributed by atoms with van der Waals surface area (Å²) in [5, 5.41) is 0.611. The molecule has 2 rings (SSSR count). The third-order valence-electron chi connectivity index (χ3n) is 2.00. The van der Waals surface area contributed by atoms with Crippen LogP contribution in [-0.2, 0) is 0 Å². The van der Waals surface area contributed by atoms with Gasteiger partial charge < -0.3 is 9.88 Å². The Morgan fingerprint density at radius 1 is 1.38 bits per heavy atom. The van der Waals surface area contributed by atoms with Crippen LogP contribution in [0.15, 0.2) is 16.1 Å². The summed E-state index contributed by atoms with van der Waals surface area (Å²) in [6.45, 7) is 0. The molecule has 0 radical (unpaired) electrons. The molecule has 2 aromatic heterocycles. The molecule has 2 aromatic rings. The third-order valence-corrected chi connectivity index (χ3v) is 2.55. The quantitative estimate of drug-likeness (QED) is 0.605. The van der Waals surface area contributed by atoms with E-state index in [2.05, 4.69) is 19.9 Å². The van der Waals surface area contributed by atoms with Crippen molar-refractivity contribution < 1.29 is 0 Å². The van der Waals surface area contributed by atoms with E-state index in [9.17, 15) is 4.79 Å². The van der Waals surface area contributed by atoms with Crippen LogP contribution < -0.4 is 10.5 Å². The van der Waals surface area contributed by atoms with Crippen molar-refractivity contribution in [3.8, 4) is 0 Å². The van der Waals surface area contributed by atoms with Crippen LogP contribution in [-0.4, -0.2) is 40.3 Å². The zero-order valence-corrected chi connectivity index (χ0v) is 10.00. The topological polar surface area (TPSA) is 74.8 Å². The van der Waals surface area contributed by atoms with Crippen LogP contribution in [0.25, 0.3) is 11.2 Å². The number of fused-ring (bicyclic) bond motifs is 1. The number of rotatable bonds is 2. The average Bonchev–Trinajstić information content (AvgIpc) is 2.26. The van der Waals surface area contributed by atoms with Crippen LogP contribution in [0.3, 0.4) is 0 Å². The van der Waals surface area contributed by atoms with E-state index in [1.807, 2.05) is 25.3 Å². The number of aromatic amines is 1. The standard InChI is InChI=1S/C9H11N5OS/c1-14(2)8-6-7(11-5(15)4-10-6)12-9(13-8)16-3/h4H,1-3H3,(H,11,12,13,15). The van der Waals surface area contributed by atoms with E-state index >= 15 is 0 Å². The fourth-order valence-electron chi connectivity index (χ4n) is 1.30. The maximum absolute atomic E-state index is 11.2. The fraction of sp³-hybridized carbons (Fsp3) is 0.333. The molecule has 0 fully saturated rings. The lowest BCUT2D eigenvalue weighted by molar-refractivity contribution is 0.938. The van der Waals surface area contributed by atoms with Gasteiger partial charge in [-0.25, -0.2) is 15.0 Å². The van der Waals surface area contributed by atoms with Crippen LogP contribution in [0.5, 0.6) is 0 Å². The zero-order chi connectivity index (χ0) is 11.7. The summed E-state index contributed by atoms with van der Waals surface area (Å²) in [5.74, 6) is 0.700. The van der Waals surface area contributed by atoms with E-state index in [1.165, 1.54) is 18.0 Å². The Labute approximate surface area is 96.1 Å². The Hall–Kier alpha value is -1.63. The van der Waals surface area contributed by atoms with E-state index < -0.39 is 0 Å². The number of nitrogens with zero attached hydrogens (tertiary/aromatic N) is 4. The second-order valence-electron chi connectivity index (χ2n) is 3.37. The van der Waals surface area contributed by atoms with Crippen molar-refractivity contribution in [2.45, 2.75) is 5.16 Å². The number of hydrogen-bond acceptors (Lipinski definition) is 6. The first-order valence-corrected chi connectivity index (χ1v) is 5.82. The SMILES string of the molecule is CSc1nc(N(C)C)c2ncc(=O)[nH]c2n1. The highest BCUT2D eigenvalue weighted by molar-refractivity contribution is 7.98. The molecule has 0 saturated heterocycles. The van der Waals surface area contributed by atoms with Gasteiger partial charge in [0.15, 0.2) is 16.6 Å². The molecule has 0 aliphatic rings. The number of hydrogen-bond donors (Lipinski definition) is 1. The summed E-state index contributed by atoms with van der Waals surface area (Å²) in [4.78, 5) is 28.3. The van der Waals surface area contributed by atoms with E-state index in [-0.39, 0.29) is 5.56 Å². The van der Waals surface area contributed by atoms with E-state index in [0.717, 1.165) is 0 Å². The molecule has 7 heteroatoms. The van der Waals surface area contributed by atoms with Crippen molar-refractivity contribution in [3.63, 3.8) is 0 Å². The van der Waals surface area contributed by atoms with Gasteiger partial charge in [0.2, 0.25) is 0 Å². The summed E-state index contributed by atoms with van der Waals surface area (Å²) < 4.78 is 0. The molecule has 0 aliphatic carbocycles. The highest BCUT2D eigenvalue weighted by Crippen LogP contribution is 2.20. The molecular weight excluding hydrogens is 226 g/mol. The van der Waals surface area contributed by atoms with Crippen LogP contribution in [0.2, 0.25) is 0 Å². The van der Waals surface area contributed by atoms with Gasteiger partial charge in [-0.1, -0.05) is 11.8 Å². The predicted molar refractivity (Wildman–Crippen MR) is 64.1 cm³/mol. The van der Waals surface area contributed by atoms with E-state index in [0.29, 0.717) is 22.1 Å².